The average Bonchev–Trinajstić information content (AvgIpc) is 2.96. The number of methoxy groups -OCH3 is 2. The van der Waals surface area contributed by atoms with Gasteiger partial charge in [0.2, 0.25) is 0 Å². The second-order valence-corrected chi connectivity index (χ2v) is 7.68. The second-order valence-electron chi connectivity index (χ2n) is 6.84. The van der Waals surface area contributed by atoms with Crippen LogP contribution in [0.2, 0.25) is 10.0 Å². The summed E-state index contributed by atoms with van der Waals surface area (Å²) in [4.78, 5) is 27.0. The Morgan fingerprint density at radius 2 is 1.87 bits per heavy atom. The summed E-state index contributed by atoms with van der Waals surface area (Å²) in [6, 6.07) is 8.95. The molecule has 0 spiro atoms. The SMILES string of the molecule is COCCN1C(=O)C(=O)C(=C(O)c2ccc(OC)c(C)c2)[C@H]1c1ccc(Cl)cc1Cl. The van der Waals surface area contributed by atoms with Gasteiger partial charge in [0.25, 0.3) is 11.7 Å². The van der Waals surface area contributed by atoms with E-state index in [1.807, 2.05) is 6.92 Å². The lowest BCUT2D eigenvalue weighted by Crippen LogP contribution is -2.32. The zero-order chi connectivity index (χ0) is 22.0. The van der Waals surface area contributed by atoms with Crippen LogP contribution in [0.3, 0.4) is 0 Å². The van der Waals surface area contributed by atoms with Crippen LogP contribution in [0.25, 0.3) is 5.76 Å². The zero-order valence-electron chi connectivity index (χ0n) is 16.7. The first-order chi connectivity index (χ1) is 14.3. The molecule has 0 saturated carbocycles. The van der Waals surface area contributed by atoms with Crippen molar-refractivity contribution in [2.45, 2.75) is 13.0 Å². The molecule has 0 radical (unpaired) electrons. The number of ether oxygens (including phenoxy) is 2. The van der Waals surface area contributed by atoms with Crippen molar-refractivity contribution in [2.75, 3.05) is 27.4 Å². The molecule has 1 atom stereocenters. The van der Waals surface area contributed by atoms with E-state index in [1.165, 1.54) is 18.1 Å². The minimum Gasteiger partial charge on any atom is -0.507 e. The summed E-state index contributed by atoms with van der Waals surface area (Å²) in [6.45, 7) is 2.19. The fourth-order valence-electron chi connectivity index (χ4n) is 3.53. The van der Waals surface area contributed by atoms with Crippen molar-refractivity contribution in [1.82, 2.24) is 4.90 Å². The first kappa shape index (κ1) is 22.2. The van der Waals surface area contributed by atoms with Crippen molar-refractivity contribution in [1.29, 1.82) is 0 Å². The highest BCUT2D eigenvalue weighted by molar-refractivity contribution is 6.47. The van der Waals surface area contributed by atoms with E-state index >= 15 is 0 Å². The second kappa shape index (κ2) is 9.08. The third-order valence-electron chi connectivity index (χ3n) is 5.00. The van der Waals surface area contributed by atoms with Gasteiger partial charge >= 0.3 is 0 Å². The van der Waals surface area contributed by atoms with E-state index in [0.29, 0.717) is 21.9 Å². The van der Waals surface area contributed by atoms with Gasteiger partial charge in [-0.15, -0.1) is 0 Å². The Balaban J connectivity index is 2.20. The number of amides is 1. The Labute approximate surface area is 184 Å². The van der Waals surface area contributed by atoms with Gasteiger partial charge in [-0.2, -0.15) is 0 Å². The molecule has 1 aliphatic rings. The molecule has 1 N–H and O–H groups in total. The van der Waals surface area contributed by atoms with Crippen molar-refractivity contribution < 1.29 is 24.2 Å². The van der Waals surface area contributed by atoms with E-state index in [9.17, 15) is 14.7 Å². The summed E-state index contributed by atoms with van der Waals surface area (Å²) < 4.78 is 10.3. The number of halogens is 2. The molecule has 2 aromatic rings. The fourth-order valence-corrected chi connectivity index (χ4v) is 4.04. The van der Waals surface area contributed by atoms with Gasteiger partial charge in [-0.25, -0.2) is 0 Å². The minimum atomic E-state index is -0.868. The molecule has 2 aromatic carbocycles. The lowest BCUT2D eigenvalue weighted by molar-refractivity contribution is -0.140. The van der Waals surface area contributed by atoms with Gasteiger partial charge in [-0.05, 0) is 48.4 Å². The number of benzene rings is 2. The number of nitrogens with zero attached hydrogens (tertiary/aromatic N) is 1. The molecule has 158 valence electrons. The van der Waals surface area contributed by atoms with Crippen LogP contribution < -0.4 is 4.74 Å². The molecule has 0 aliphatic carbocycles. The molecule has 0 bridgehead atoms. The molecule has 1 fully saturated rings. The number of hydrogen-bond donors (Lipinski definition) is 1. The number of hydrogen-bond acceptors (Lipinski definition) is 5. The van der Waals surface area contributed by atoms with Crippen LogP contribution in [-0.4, -0.2) is 49.1 Å². The summed E-state index contributed by atoms with van der Waals surface area (Å²) in [6.07, 6.45) is 0. The number of carbonyl (C=O) groups excluding carboxylic acids is 2. The maximum Gasteiger partial charge on any atom is 0.295 e. The van der Waals surface area contributed by atoms with Crippen molar-refractivity contribution in [3.63, 3.8) is 0 Å². The van der Waals surface area contributed by atoms with E-state index < -0.39 is 17.7 Å². The Morgan fingerprint density at radius 3 is 2.47 bits per heavy atom. The maximum atomic E-state index is 12.9. The topological polar surface area (TPSA) is 76.1 Å². The molecule has 3 rings (SSSR count). The quantitative estimate of drug-likeness (QED) is 0.402. The first-order valence-electron chi connectivity index (χ1n) is 9.17. The normalized spacial score (nSPS) is 18.2. The fraction of sp³-hybridized carbons (Fsp3) is 0.273. The van der Waals surface area contributed by atoms with Gasteiger partial charge in [0.15, 0.2) is 0 Å². The Morgan fingerprint density at radius 1 is 1.13 bits per heavy atom. The number of carbonyl (C=O) groups is 2. The van der Waals surface area contributed by atoms with Gasteiger partial charge < -0.3 is 19.5 Å². The first-order valence-corrected chi connectivity index (χ1v) is 9.93. The van der Waals surface area contributed by atoms with Crippen LogP contribution in [0.5, 0.6) is 5.75 Å². The molecular weight excluding hydrogens is 429 g/mol. The van der Waals surface area contributed by atoms with Crippen LogP contribution in [0.1, 0.15) is 22.7 Å². The van der Waals surface area contributed by atoms with Gasteiger partial charge in [0.05, 0.1) is 25.3 Å². The third kappa shape index (κ3) is 4.03. The van der Waals surface area contributed by atoms with E-state index in [0.717, 1.165) is 5.56 Å². The number of likely N-dealkylation sites (tertiary alicyclic amines) is 1. The molecule has 1 saturated heterocycles. The van der Waals surface area contributed by atoms with Crippen molar-refractivity contribution >= 4 is 40.7 Å². The van der Waals surface area contributed by atoms with Crippen LogP contribution in [-0.2, 0) is 14.3 Å². The van der Waals surface area contributed by atoms with Crippen molar-refractivity contribution in [3.05, 3.63) is 68.7 Å². The molecule has 30 heavy (non-hydrogen) atoms. The molecule has 0 unspecified atom stereocenters. The van der Waals surface area contributed by atoms with Crippen LogP contribution in [0.4, 0.5) is 0 Å². The molecule has 1 heterocycles. The average molecular weight is 450 g/mol. The predicted octanol–water partition coefficient (Wildman–Crippen LogP) is 4.38. The molecule has 8 heteroatoms. The highest BCUT2D eigenvalue weighted by Crippen LogP contribution is 2.42. The maximum absolute atomic E-state index is 12.9. The predicted molar refractivity (Wildman–Crippen MR) is 115 cm³/mol. The molecule has 6 nitrogen and oxygen atoms in total. The largest absolute Gasteiger partial charge is 0.507 e. The Kier molecular flexibility index (Phi) is 6.71. The van der Waals surface area contributed by atoms with Crippen LogP contribution >= 0.6 is 23.2 Å². The van der Waals surface area contributed by atoms with Crippen LogP contribution in [0.15, 0.2) is 42.0 Å². The third-order valence-corrected chi connectivity index (χ3v) is 5.56. The Bertz CT molecular complexity index is 1030. The number of rotatable bonds is 6. The number of Topliss-reactive ketones (excluding diaryl/α,β-unsaturated/α-hetero) is 1. The van der Waals surface area contributed by atoms with E-state index in [4.69, 9.17) is 32.7 Å². The number of aryl methyl sites for hydroxylation is 1. The number of aliphatic hydroxyl groups excluding tert-OH is 1. The summed E-state index contributed by atoms with van der Waals surface area (Å²) in [5.74, 6) is -1.15. The van der Waals surface area contributed by atoms with Crippen molar-refractivity contribution in [2.24, 2.45) is 0 Å². The summed E-state index contributed by atoms with van der Waals surface area (Å²) in [5.41, 5.74) is 1.62. The smallest absolute Gasteiger partial charge is 0.295 e. The summed E-state index contributed by atoms with van der Waals surface area (Å²) >= 11 is 12.4. The lowest BCUT2D eigenvalue weighted by Gasteiger charge is -2.26. The van der Waals surface area contributed by atoms with E-state index in [1.54, 1.807) is 37.4 Å². The van der Waals surface area contributed by atoms with Gasteiger partial charge in [0.1, 0.15) is 11.5 Å². The van der Waals surface area contributed by atoms with E-state index in [2.05, 4.69) is 0 Å². The summed E-state index contributed by atoms with van der Waals surface area (Å²) in [5, 5.41) is 11.8. The monoisotopic (exact) mass is 449 g/mol. The van der Waals surface area contributed by atoms with Crippen molar-refractivity contribution in [3.8, 4) is 5.75 Å². The summed E-state index contributed by atoms with van der Waals surface area (Å²) in [7, 11) is 3.05. The molecule has 1 amide bonds. The van der Waals surface area contributed by atoms with Gasteiger partial charge in [-0.3, -0.25) is 9.59 Å². The highest BCUT2D eigenvalue weighted by atomic mass is 35.5. The molecular formula is C22H21Cl2NO5. The lowest BCUT2D eigenvalue weighted by atomic mass is 9.94. The molecule has 0 aromatic heterocycles. The van der Waals surface area contributed by atoms with Gasteiger partial charge in [0, 0.05) is 29.3 Å². The number of aliphatic hydroxyl groups is 1. The number of ketones is 1. The van der Waals surface area contributed by atoms with E-state index in [-0.39, 0.29) is 29.5 Å². The molecule has 1 aliphatic heterocycles. The standard InChI is InChI=1S/C22H21Cl2NO5/c1-12-10-13(4-7-17(12)30-3)20(26)18-19(15-6-5-14(23)11-16(15)24)25(8-9-29-2)22(28)21(18)27/h4-7,10-11,19,26H,8-9H2,1-3H3/t19-/m1/s1. The minimum absolute atomic E-state index is 0.0371. The van der Waals surface area contributed by atoms with Gasteiger partial charge in [-0.1, -0.05) is 29.3 Å². The van der Waals surface area contributed by atoms with Crippen LogP contribution in [0, 0.1) is 6.92 Å². The zero-order valence-corrected chi connectivity index (χ0v) is 18.3. The highest BCUT2D eigenvalue weighted by Gasteiger charge is 2.46. The Hall–Kier alpha value is -2.54.